The summed E-state index contributed by atoms with van der Waals surface area (Å²) in [6.45, 7) is 4.38. The van der Waals surface area contributed by atoms with E-state index in [-0.39, 0.29) is 17.8 Å². The minimum atomic E-state index is -0.389. The van der Waals surface area contributed by atoms with Crippen molar-refractivity contribution in [2.75, 3.05) is 6.61 Å². The molecule has 21 heavy (non-hydrogen) atoms. The molecule has 0 saturated heterocycles. The van der Waals surface area contributed by atoms with E-state index in [1.807, 2.05) is 23.6 Å². The van der Waals surface area contributed by atoms with Crippen molar-refractivity contribution in [3.63, 3.8) is 0 Å². The van der Waals surface area contributed by atoms with Crippen LogP contribution in [0, 0.1) is 5.82 Å². The second-order valence-corrected chi connectivity index (χ2v) is 5.59. The molecule has 0 radical (unpaired) electrons. The molecular formula is C16H18FNO2S. The Morgan fingerprint density at radius 2 is 2.24 bits per heavy atom. The van der Waals surface area contributed by atoms with Crippen molar-refractivity contribution in [1.29, 1.82) is 0 Å². The van der Waals surface area contributed by atoms with Gasteiger partial charge < -0.3 is 10.1 Å². The molecule has 112 valence electrons. The summed E-state index contributed by atoms with van der Waals surface area (Å²) in [5, 5.41) is 5.00. The van der Waals surface area contributed by atoms with Gasteiger partial charge in [0.25, 0.3) is 0 Å². The SMILES string of the molecule is CCOC(=O)C(C)NCc1ccc(F)c(-c2cccs2)c1. The molecule has 1 aromatic heterocycles. The van der Waals surface area contributed by atoms with Gasteiger partial charge in [-0.15, -0.1) is 11.3 Å². The molecule has 2 rings (SSSR count). The monoisotopic (exact) mass is 307 g/mol. The third-order valence-corrected chi connectivity index (χ3v) is 3.97. The second kappa shape index (κ2) is 7.33. The summed E-state index contributed by atoms with van der Waals surface area (Å²) in [5.74, 6) is -0.516. The average molecular weight is 307 g/mol. The maximum atomic E-state index is 13.9. The zero-order valence-corrected chi connectivity index (χ0v) is 12.9. The highest BCUT2D eigenvalue weighted by Gasteiger charge is 2.13. The lowest BCUT2D eigenvalue weighted by atomic mass is 10.1. The highest BCUT2D eigenvalue weighted by atomic mass is 32.1. The van der Waals surface area contributed by atoms with E-state index >= 15 is 0 Å². The van der Waals surface area contributed by atoms with Gasteiger partial charge in [0.1, 0.15) is 11.9 Å². The molecule has 1 heterocycles. The summed E-state index contributed by atoms with van der Waals surface area (Å²) in [5.41, 5.74) is 1.52. The number of hydrogen-bond acceptors (Lipinski definition) is 4. The van der Waals surface area contributed by atoms with E-state index in [0.29, 0.717) is 18.7 Å². The molecule has 1 unspecified atom stereocenters. The molecule has 0 fully saturated rings. The lowest BCUT2D eigenvalue weighted by Gasteiger charge is -2.13. The van der Waals surface area contributed by atoms with Gasteiger partial charge in [-0.1, -0.05) is 12.1 Å². The van der Waals surface area contributed by atoms with E-state index in [1.165, 1.54) is 17.4 Å². The van der Waals surface area contributed by atoms with Crippen molar-refractivity contribution >= 4 is 17.3 Å². The minimum Gasteiger partial charge on any atom is -0.465 e. The maximum absolute atomic E-state index is 13.9. The van der Waals surface area contributed by atoms with Crippen molar-refractivity contribution < 1.29 is 13.9 Å². The normalized spacial score (nSPS) is 12.1. The van der Waals surface area contributed by atoms with Crippen LogP contribution in [0.25, 0.3) is 10.4 Å². The molecule has 2 aromatic rings. The Kier molecular flexibility index (Phi) is 5.47. The van der Waals surface area contributed by atoms with Crippen molar-refractivity contribution in [3.8, 4) is 10.4 Å². The molecule has 5 heteroatoms. The molecule has 3 nitrogen and oxygen atoms in total. The fourth-order valence-corrected chi connectivity index (χ4v) is 2.67. The van der Waals surface area contributed by atoms with E-state index in [0.717, 1.165) is 10.4 Å². The number of benzene rings is 1. The molecule has 0 aliphatic heterocycles. The smallest absolute Gasteiger partial charge is 0.322 e. The van der Waals surface area contributed by atoms with Gasteiger partial charge in [0.15, 0.2) is 0 Å². The van der Waals surface area contributed by atoms with E-state index in [1.54, 1.807) is 19.9 Å². The van der Waals surface area contributed by atoms with Gasteiger partial charge in [-0.25, -0.2) is 4.39 Å². The number of ether oxygens (including phenoxy) is 1. The number of thiophene rings is 1. The molecule has 1 aromatic carbocycles. The first-order valence-corrected chi connectivity index (χ1v) is 7.72. The van der Waals surface area contributed by atoms with Gasteiger partial charge in [0, 0.05) is 17.0 Å². The third kappa shape index (κ3) is 4.12. The van der Waals surface area contributed by atoms with E-state index in [2.05, 4.69) is 5.32 Å². The molecule has 1 N–H and O–H groups in total. The number of carbonyl (C=O) groups is 1. The Morgan fingerprint density at radius 3 is 2.90 bits per heavy atom. The first kappa shape index (κ1) is 15.7. The lowest BCUT2D eigenvalue weighted by Crippen LogP contribution is -2.34. The Labute approximate surface area is 127 Å². The van der Waals surface area contributed by atoms with Crippen LogP contribution < -0.4 is 5.32 Å². The lowest BCUT2D eigenvalue weighted by molar-refractivity contribution is -0.145. The zero-order valence-electron chi connectivity index (χ0n) is 12.1. The Bertz CT molecular complexity index is 598. The molecule has 1 atom stereocenters. The highest BCUT2D eigenvalue weighted by molar-refractivity contribution is 7.13. The van der Waals surface area contributed by atoms with Crippen molar-refractivity contribution in [1.82, 2.24) is 5.32 Å². The van der Waals surface area contributed by atoms with Crippen LogP contribution in [0.1, 0.15) is 19.4 Å². The maximum Gasteiger partial charge on any atom is 0.322 e. The quantitative estimate of drug-likeness (QED) is 0.829. The standard InChI is InChI=1S/C16H18FNO2S/c1-3-20-16(19)11(2)18-10-12-6-7-14(17)13(9-12)15-5-4-8-21-15/h4-9,11,18H,3,10H2,1-2H3. The Morgan fingerprint density at radius 1 is 1.43 bits per heavy atom. The van der Waals surface area contributed by atoms with Crippen LogP contribution in [0.5, 0.6) is 0 Å². The molecule has 0 bridgehead atoms. The van der Waals surface area contributed by atoms with Crippen LogP contribution in [0.3, 0.4) is 0 Å². The fourth-order valence-electron chi connectivity index (χ4n) is 1.92. The predicted octanol–water partition coefficient (Wildman–Crippen LogP) is 3.60. The summed E-state index contributed by atoms with van der Waals surface area (Å²) >= 11 is 1.50. The highest BCUT2D eigenvalue weighted by Crippen LogP contribution is 2.28. The van der Waals surface area contributed by atoms with Crippen molar-refractivity contribution in [2.24, 2.45) is 0 Å². The van der Waals surface area contributed by atoms with E-state index in [4.69, 9.17) is 4.74 Å². The molecular weight excluding hydrogens is 289 g/mol. The van der Waals surface area contributed by atoms with Gasteiger partial charge in [0.2, 0.25) is 0 Å². The molecule has 0 spiro atoms. The van der Waals surface area contributed by atoms with Gasteiger partial charge in [-0.3, -0.25) is 4.79 Å². The van der Waals surface area contributed by atoms with Gasteiger partial charge in [0.05, 0.1) is 6.61 Å². The molecule has 0 aliphatic rings. The van der Waals surface area contributed by atoms with Gasteiger partial charge in [-0.05, 0) is 43.0 Å². The predicted molar refractivity (Wildman–Crippen MR) is 82.6 cm³/mol. The summed E-state index contributed by atoms with van der Waals surface area (Å²) < 4.78 is 18.8. The average Bonchev–Trinajstić information content (AvgIpc) is 3.00. The topological polar surface area (TPSA) is 38.3 Å². The fraction of sp³-hybridized carbons (Fsp3) is 0.312. The third-order valence-electron chi connectivity index (χ3n) is 3.07. The van der Waals surface area contributed by atoms with Crippen LogP contribution in [-0.4, -0.2) is 18.6 Å². The van der Waals surface area contributed by atoms with Crippen LogP contribution >= 0.6 is 11.3 Å². The first-order valence-electron chi connectivity index (χ1n) is 6.84. The molecule has 0 amide bonds. The number of esters is 1. The van der Waals surface area contributed by atoms with E-state index in [9.17, 15) is 9.18 Å². The van der Waals surface area contributed by atoms with Crippen LogP contribution in [0.4, 0.5) is 4.39 Å². The molecule has 0 aliphatic carbocycles. The van der Waals surface area contributed by atoms with Crippen molar-refractivity contribution in [2.45, 2.75) is 26.4 Å². The summed E-state index contributed by atoms with van der Waals surface area (Å²) in [6.07, 6.45) is 0. The van der Waals surface area contributed by atoms with Crippen molar-refractivity contribution in [3.05, 3.63) is 47.1 Å². The van der Waals surface area contributed by atoms with Gasteiger partial charge in [-0.2, -0.15) is 0 Å². The number of rotatable bonds is 6. The zero-order chi connectivity index (χ0) is 15.2. The number of halogens is 1. The Hall–Kier alpha value is -1.72. The minimum absolute atomic E-state index is 0.236. The second-order valence-electron chi connectivity index (χ2n) is 4.65. The van der Waals surface area contributed by atoms with Crippen LogP contribution in [-0.2, 0) is 16.1 Å². The number of carbonyl (C=O) groups excluding carboxylic acids is 1. The van der Waals surface area contributed by atoms with Gasteiger partial charge >= 0.3 is 5.97 Å². The first-order chi connectivity index (χ1) is 10.1. The largest absolute Gasteiger partial charge is 0.465 e. The summed E-state index contributed by atoms with van der Waals surface area (Å²) in [7, 11) is 0. The van der Waals surface area contributed by atoms with E-state index < -0.39 is 0 Å². The van der Waals surface area contributed by atoms with Crippen LogP contribution in [0.15, 0.2) is 35.7 Å². The number of hydrogen-bond donors (Lipinski definition) is 1. The van der Waals surface area contributed by atoms with Crippen LogP contribution in [0.2, 0.25) is 0 Å². The molecule has 0 saturated carbocycles. The number of nitrogens with one attached hydrogen (secondary N) is 1. The summed E-state index contributed by atoms with van der Waals surface area (Å²) in [4.78, 5) is 12.4. The summed E-state index contributed by atoms with van der Waals surface area (Å²) in [6, 6.07) is 8.39. The Balaban J connectivity index is 2.05.